The standard InChI is InChI=1S/C15H29NO2/c1-13(2)9-7-5-6-8-11-16-12-10-14(3)15(17)18-4/h10,13,16H,5-9,11-12H2,1-4H3. The number of rotatable bonds is 10. The van der Waals surface area contributed by atoms with Gasteiger partial charge >= 0.3 is 5.97 Å². The van der Waals surface area contributed by atoms with Crippen LogP contribution in [0.15, 0.2) is 11.6 Å². The van der Waals surface area contributed by atoms with Gasteiger partial charge in [0.1, 0.15) is 0 Å². The van der Waals surface area contributed by atoms with E-state index in [1.54, 1.807) is 6.92 Å². The number of nitrogens with one attached hydrogen (secondary N) is 1. The zero-order valence-corrected chi connectivity index (χ0v) is 12.4. The van der Waals surface area contributed by atoms with E-state index < -0.39 is 0 Å². The zero-order valence-electron chi connectivity index (χ0n) is 12.4. The number of hydrogen-bond acceptors (Lipinski definition) is 3. The van der Waals surface area contributed by atoms with Crippen LogP contribution >= 0.6 is 0 Å². The van der Waals surface area contributed by atoms with Gasteiger partial charge in [-0.2, -0.15) is 0 Å². The highest BCUT2D eigenvalue weighted by atomic mass is 16.5. The molecule has 0 spiro atoms. The van der Waals surface area contributed by atoms with E-state index >= 15 is 0 Å². The van der Waals surface area contributed by atoms with Crippen LogP contribution in [-0.2, 0) is 9.53 Å². The summed E-state index contributed by atoms with van der Waals surface area (Å²) in [6.07, 6.45) is 8.40. The lowest BCUT2D eigenvalue weighted by Crippen LogP contribution is -2.16. The minimum absolute atomic E-state index is 0.245. The zero-order chi connectivity index (χ0) is 13.8. The summed E-state index contributed by atoms with van der Waals surface area (Å²) in [5, 5.41) is 3.31. The van der Waals surface area contributed by atoms with E-state index in [4.69, 9.17) is 0 Å². The number of carbonyl (C=O) groups is 1. The summed E-state index contributed by atoms with van der Waals surface area (Å²) in [4.78, 5) is 11.1. The minimum Gasteiger partial charge on any atom is -0.466 e. The van der Waals surface area contributed by atoms with E-state index in [0.717, 1.165) is 19.0 Å². The molecule has 0 amide bonds. The molecule has 0 radical (unpaired) electrons. The van der Waals surface area contributed by atoms with E-state index in [1.807, 2.05) is 6.08 Å². The van der Waals surface area contributed by atoms with Crippen LogP contribution in [0.3, 0.4) is 0 Å². The molecule has 3 heteroatoms. The fraction of sp³-hybridized carbons (Fsp3) is 0.800. The molecule has 0 bridgehead atoms. The molecule has 0 aromatic heterocycles. The second-order valence-electron chi connectivity index (χ2n) is 5.18. The largest absolute Gasteiger partial charge is 0.466 e. The van der Waals surface area contributed by atoms with E-state index in [9.17, 15) is 4.79 Å². The predicted octanol–water partition coefficient (Wildman–Crippen LogP) is 3.30. The Morgan fingerprint density at radius 3 is 2.50 bits per heavy atom. The van der Waals surface area contributed by atoms with Crippen molar-refractivity contribution < 1.29 is 9.53 Å². The van der Waals surface area contributed by atoms with Crippen LogP contribution < -0.4 is 5.32 Å². The quantitative estimate of drug-likeness (QED) is 0.370. The van der Waals surface area contributed by atoms with E-state index in [2.05, 4.69) is 23.9 Å². The van der Waals surface area contributed by atoms with Gasteiger partial charge in [-0.3, -0.25) is 0 Å². The predicted molar refractivity (Wildman–Crippen MR) is 76.6 cm³/mol. The summed E-state index contributed by atoms with van der Waals surface area (Å²) in [7, 11) is 1.41. The van der Waals surface area contributed by atoms with Crippen LogP contribution in [0.25, 0.3) is 0 Å². The Bertz CT molecular complexity index is 247. The van der Waals surface area contributed by atoms with E-state index in [-0.39, 0.29) is 5.97 Å². The molecule has 1 N–H and O–H groups in total. The Hall–Kier alpha value is -0.830. The van der Waals surface area contributed by atoms with Gasteiger partial charge in [-0.1, -0.05) is 45.6 Å². The van der Waals surface area contributed by atoms with Gasteiger partial charge in [0.25, 0.3) is 0 Å². The molecule has 0 aromatic rings. The van der Waals surface area contributed by atoms with Gasteiger partial charge in [-0.15, -0.1) is 0 Å². The van der Waals surface area contributed by atoms with Crippen molar-refractivity contribution in [2.75, 3.05) is 20.2 Å². The lowest BCUT2D eigenvalue weighted by Gasteiger charge is -2.05. The van der Waals surface area contributed by atoms with Crippen molar-refractivity contribution in [2.45, 2.75) is 52.9 Å². The van der Waals surface area contributed by atoms with Crippen molar-refractivity contribution >= 4 is 5.97 Å². The fourth-order valence-electron chi connectivity index (χ4n) is 1.73. The number of esters is 1. The van der Waals surface area contributed by atoms with Crippen molar-refractivity contribution in [3.8, 4) is 0 Å². The second-order valence-corrected chi connectivity index (χ2v) is 5.18. The molecule has 0 aromatic carbocycles. The molecule has 0 saturated heterocycles. The lowest BCUT2D eigenvalue weighted by atomic mass is 10.0. The fourth-order valence-corrected chi connectivity index (χ4v) is 1.73. The summed E-state index contributed by atoms with van der Waals surface area (Å²) < 4.78 is 4.62. The Kier molecular flexibility index (Phi) is 10.8. The summed E-state index contributed by atoms with van der Waals surface area (Å²) in [5.41, 5.74) is 0.668. The number of ether oxygens (including phenoxy) is 1. The summed E-state index contributed by atoms with van der Waals surface area (Å²) in [5.74, 6) is 0.583. The summed E-state index contributed by atoms with van der Waals surface area (Å²) in [6, 6.07) is 0. The summed E-state index contributed by atoms with van der Waals surface area (Å²) in [6.45, 7) is 8.09. The van der Waals surface area contributed by atoms with Crippen LogP contribution in [0, 0.1) is 5.92 Å². The van der Waals surface area contributed by atoms with Crippen LogP contribution in [0.2, 0.25) is 0 Å². The molecule has 0 atom stereocenters. The molecule has 0 heterocycles. The monoisotopic (exact) mass is 255 g/mol. The van der Waals surface area contributed by atoms with Gasteiger partial charge < -0.3 is 10.1 Å². The van der Waals surface area contributed by atoms with Crippen molar-refractivity contribution in [3.63, 3.8) is 0 Å². The van der Waals surface area contributed by atoms with Gasteiger partial charge in [0.2, 0.25) is 0 Å². The molecule has 0 saturated carbocycles. The SMILES string of the molecule is COC(=O)C(C)=CCNCCCCCCC(C)C. The maximum Gasteiger partial charge on any atom is 0.333 e. The molecule has 0 aliphatic carbocycles. The second kappa shape index (κ2) is 11.3. The first-order valence-electron chi connectivity index (χ1n) is 7.03. The molecule has 18 heavy (non-hydrogen) atoms. The molecule has 0 aliphatic heterocycles. The molecule has 0 rings (SSSR count). The molecule has 106 valence electrons. The van der Waals surface area contributed by atoms with E-state index in [1.165, 1.54) is 39.2 Å². The maximum absolute atomic E-state index is 11.1. The molecule has 0 unspecified atom stereocenters. The van der Waals surface area contributed by atoms with Crippen LogP contribution in [0.1, 0.15) is 52.9 Å². The number of carbonyl (C=O) groups excluding carboxylic acids is 1. The van der Waals surface area contributed by atoms with Crippen LogP contribution in [0.5, 0.6) is 0 Å². The smallest absolute Gasteiger partial charge is 0.333 e. The maximum atomic E-state index is 11.1. The first-order valence-corrected chi connectivity index (χ1v) is 7.03. The Balaban J connectivity index is 3.33. The third kappa shape index (κ3) is 10.3. The van der Waals surface area contributed by atoms with Gasteiger partial charge in [-0.25, -0.2) is 4.79 Å². The number of methoxy groups -OCH3 is 1. The molecule has 3 nitrogen and oxygen atoms in total. The van der Waals surface area contributed by atoms with Crippen molar-refractivity contribution in [1.29, 1.82) is 0 Å². The van der Waals surface area contributed by atoms with Gasteiger partial charge in [0.15, 0.2) is 0 Å². The Morgan fingerprint density at radius 2 is 1.89 bits per heavy atom. The minimum atomic E-state index is -0.245. The van der Waals surface area contributed by atoms with Gasteiger partial charge in [0, 0.05) is 12.1 Å². The molecular formula is C15H29NO2. The third-order valence-corrected chi connectivity index (χ3v) is 2.94. The van der Waals surface area contributed by atoms with Crippen LogP contribution in [-0.4, -0.2) is 26.2 Å². The highest BCUT2D eigenvalue weighted by molar-refractivity contribution is 5.87. The van der Waals surface area contributed by atoms with Crippen molar-refractivity contribution in [3.05, 3.63) is 11.6 Å². The normalized spacial score (nSPS) is 11.9. The lowest BCUT2D eigenvalue weighted by molar-refractivity contribution is -0.136. The van der Waals surface area contributed by atoms with E-state index in [0.29, 0.717) is 5.57 Å². The molecule has 0 fully saturated rings. The highest BCUT2D eigenvalue weighted by Crippen LogP contribution is 2.08. The summed E-state index contributed by atoms with van der Waals surface area (Å²) >= 11 is 0. The topological polar surface area (TPSA) is 38.3 Å². The van der Waals surface area contributed by atoms with Crippen molar-refractivity contribution in [1.82, 2.24) is 5.32 Å². The van der Waals surface area contributed by atoms with Gasteiger partial charge in [-0.05, 0) is 25.8 Å². The number of hydrogen-bond donors (Lipinski definition) is 1. The first-order chi connectivity index (χ1) is 8.57. The third-order valence-electron chi connectivity index (χ3n) is 2.94. The van der Waals surface area contributed by atoms with Crippen LogP contribution in [0.4, 0.5) is 0 Å². The highest BCUT2D eigenvalue weighted by Gasteiger charge is 2.00. The van der Waals surface area contributed by atoms with Crippen molar-refractivity contribution in [2.24, 2.45) is 5.92 Å². The number of unbranched alkanes of at least 4 members (excludes halogenated alkanes) is 3. The van der Waals surface area contributed by atoms with Gasteiger partial charge in [0.05, 0.1) is 7.11 Å². The first kappa shape index (κ1) is 17.2. The average Bonchev–Trinajstić information content (AvgIpc) is 2.35. The average molecular weight is 255 g/mol. The Morgan fingerprint density at radius 1 is 1.22 bits per heavy atom. The Labute approximate surface area is 112 Å². The molecule has 0 aliphatic rings. The molecular weight excluding hydrogens is 226 g/mol.